The highest BCUT2D eigenvalue weighted by atomic mass is 16.5. The first-order valence-corrected chi connectivity index (χ1v) is 7.35. The summed E-state index contributed by atoms with van der Waals surface area (Å²) in [6, 6.07) is 16.4. The Kier molecular flexibility index (Phi) is 3.95. The van der Waals surface area contributed by atoms with Crippen LogP contribution in [0.4, 0.5) is 0 Å². The molecule has 0 amide bonds. The van der Waals surface area contributed by atoms with Crippen molar-refractivity contribution in [2.75, 3.05) is 13.7 Å². The number of hydrogen-bond acceptors (Lipinski definition) is 3. The van der Waals surface area contributed by atoms with E-state index in [4.69, 9.17) is 4.74 Å². The Morgan fingerprint density at radius 1 is 1.19 bits per heavy atom. The highest BCUT2D eigenvalue weighted by Gasteiger charge is 2.37. The van der Waals surface area contributed by atoms with Crippen molar-refractivity contribution in [3.8, 4) is 5.75 Å². The molecule has 0 aliphatic heterocycles. The van der Waals surface area contributed by atoms with E-state index in [9.17, 15) is 5.11 Å². The number of nitrogens with one attached hydrogen (secondary N) is 1. The fourth-order valence-corrected chi connectivity index (χ4v) is 3.15. The number of methoxy groups -OCH3 is 1. The quantitative estimate of drug-likeness (QED) is 0.886. The smallest absolute Gasteiger partial charge is 0.119 e. The van der Waals surface area contributed by atoms with Crippen LogP contribution in [0.5, 0.6) is 5.75 Å². The zero-order valence-corrected chi connectivity index (χ0v) is 12.3. The molecular formula is C18H21NO2. The maximum atomic E-state index is 9.95. The summed E-state index contributed by atoms with van der Waals surface area (Å²) in [4.78, 5) is 0. The van der Waals surface area contributed by atoms with Gasteiger partial charge in [-0.25, -0.2) is 0 Å². The van der Waals surface area contributed by atoms with E-state index >= 15 is 0 Å². The Morgan fingerprint density at radius 3 is 2.86 bits per heavy atom. The van der Waals surface area contributed by atoms with Gasteiger partial charge in [-0.3, -0.25) is 0 Å². The van der Waals surface area contributed by atoms with Crippen LogP contribution < -0.4 is 10.1 Å². The monoisotopic (exact) mass is 283 g/mol. The molecule has 110 valence electrons. The van der Waals surface area contributed by atoms with Crippen molar-refractivity contribution in [2.24, 2.45) is 0 Å². The number of benzene rings is 2. The minimum Gasteiger partial charge on any atom is -0.497 e. The van der Waals surface area contributed by atoms with Gasteiger partial charge in [0.1, 0.15) is 5.75 Å². The van der Waals surface area contributed by atoms with E-state index in [0.29, 0.717) is 6.54 Å². The second-order valence-corrected chi connectivity index (χ2v) is 5.60. The van der Waals surface area contributed by atoms with E-state index in [1.54, 1.807) is 7.11 Å². The molecule has 0 radical (unpaired) electrons. The zero-order valence-electron chi connectivity index (χ0n) is 12.3. The number of hydrogen-bond donors (Lipinski definition) is 2. The van der Waals surface area contributed by atoms with Crippen LogP contribution in [0, 0.1) is 0 Å². The summed E-state index contributed by atoms with van der Waals surface area (Å²) in [6.45, 7) is 0.833. The molecule has 2 aromatic rings. The molecule has 1 aliphatic rings. The average Bonchev–Trinajstić information content (AvgIpc) is 2.93. The lowest BCUT2D eigenvalue weighted by Crippen LogP contribution is -2.43. The van der Waals surface area contributed by atoms with Crippen molar-refractivity contribution in [1.82, 2.24) is 5.32 Å². The molecule has 21 heavy (non-hydrogen) atoms. The van der Waals surface area contributed by atoms with E-state index < -0.39 is 0 Å². The molecule has 2 N–H and O–H groups in total. The number of ether oxygens (including phenoxy) is 1. The topological polar surface area (TPSA) is 41.5 Å². The Labute approximate surface area is 125 Å². The molecule has 1 unspecified atom stereocenters. The number of fused-ring (bicyclic) bond motifs is 1. The van der Waals surface area contributed by atoms with E-state index in [1.165, 1.54) is 11.1 Å². The second kappa shape index (κ2) is 5.88. The van der Waals surface area contributed by atoms with E-state index in [0.717, 1.165) is 24.2 Å². The molecule has 0 aromatic heterocycles. The summed E-state index contributed by atoms with van der Waals surface area (Å²) < 4.78 is 5.26. The molecule has 0 saturated carbocycles. The number of aliphatic hydroxyl groups is 1. The van der Waals surface area contributed by atoms with Gasteiger partial charge in [-0.1, -0.05) is 36.4 Å². The largest absolute Gasteiger partial charge is 0.497 e. The summed E-state index contributed by atoms with van der Waals surface area (Å²) in [5, 5.41) is 13.5. The zero-order chi connectivity index (χ0) is 14.7. The lowest BCUT2D eigenvalue weighted by molar-refractivity contribution is 0.159. The van der Waals surface area contributed by atoms with Gasteiger partial charge in [0.25, 0.3) is 0 Å². The molecule has 1 atom stereocenters. The van der Waals surface area contributed by atoms with E-state index in [2.05, 4.69) is 29.6 Å². The van der Waals surface area contributed by atoms with Crippen molar-refractivity contribution in [1.29, 1.82) is 0 Å². The Bertz CT molecular complexity index is 626. The van der Waals surface area contributed by atoms with Crippen molar-refractivity contribution in [2.45, 2.75) is 24.9 Å². The Hall–Kier alpha value is -1.84. The average molecular weight is 283 g/mol. The van der Waals surface area contributed by atoms with Crippen LogP contribution >= 0.6 is 0 Å². The minimum atomic E-state index is -0.320. The normalized spacial score (nSPS) is 20.3. The molecule has 3 nitrogen and oxygen atoms in total. The van der Waals surface area contributed by atoms with Gasteiger partial charge in [-0.2, -0.15) is 0 Å². The standard InChI is InChI=1S/C18H21NO2/c1-21-16-7-4-5-14(11-16)12-19-18(13-20)10-9-15-6-2-3-8-17(15)18/h2-8,11,19-20H,9-10,12-13H2,1H3. The van der Waals surface area contributed by atoms with Gasteiger partial charge < -0.3 is 15.2 Å². The molecular weight excluding hydrogens is 262 g/mol. The third-order valence-electron chi connectivity index (χ3n) is 4.39. The Balaban J connectivity index is 1.79. The fourth-order valence-electron chi connectivity index (χ4n) is 3.15. The third-order valence-corrected chi connectivity index (χ3v) is 4.39. The van der Waals surface area contributed by atoms with Crippen LogP contribution in [-0.4, -0.2) is 18.8 Å². The van der Waals surface area contributed by atoms with Gasteiger partial charge in [0.2, 0.25) is 0 Å². The van der Waals surface area contributed by atoms with Gasteiger partial charge in [-0.05, 0) is 41.7 Å². The number of aryl methyl sites for hydroxylation is 1. The molecule has 0 spiro atoms. The first-order chi connectivity index (χ1) is 10.3. The van der Waals surface area contributed by atoms with E-state index in [-0.39, 0.29) is 12.1 Å². The molecule has 1 aliphatic carbocycles. The predicted molar refractivity (Wildman–Crippen MR) is 83.4 cm³/mol. The molecule has 0 heterocycles. The fraction of sp³-hybridized carbons (Fsp3) is 0.333. The van der Waals surface area contributed by atoms with Gasteiger partial charge in [0, 0.05) is 6.54 Å². The molecule has 2 aromatic carbocycles. The summed E-state index contributed by atoms with van der Waals surface area (Å²) in [6.07, 6.45) is 1.95. The summed E-state index contributed by atoms with van der Waals surface area (Å²) in [5.41, 5.74) is 3.41. The van der Waals surface area contributed by atoms with Crippen molar-refractivity contribution >= 4 is 0 Å². The Morgan fingerprint density at radius 2 is 2.05 bits per heavy atom. The highest BCUT2D eigenvalue weighted by Crippen LogP contribution is 2.36. The molecule has 0 fully saturated rings. The van der Waals surface area contributed by atoms with Crippen molar-refractivity contribution < 1.29 is 9.84 Å². The molecule has 0 bridgehead atoms. The highest BCUT2D eigenvalue weighted by molar-refractivity contribution is 5.39. The lowest BCUT2D eigenvalue weighted by atomic mass is 9.92. The first-order valence-electron chi connectivity index (χ1n) is 7.35. The maximum Gasteiger partial charge on any atom is 0.119 e. The van der Waals surface area contributed by atoms with Gasteiger partial charge in [0.15, 0.2) is 0 Å². The minimum absolute atomic E-state index is 0.119. The maximum absolute atomic E-state index is 9.95. The summed E-state index contributed by atoms with van der Waals surface area (Å²) in [7, 11) is 1.68. The van der Waals surface area contributed by atoms with E-state index in [1.807, 2.05) is 24.3 Å². The van der Waals surface area contributed by atoms with Crippen LogP contribution in [0.2, 0.25) is 0 Å². The molecule has 0 saturated heterocycles. The number of aliphatic hydroxyl groups excluding tert-OH is 1. The van der Waals surface area contributed by atoms with Crippen LogP contribution in [0.15, 0.2) is 48.5 Å². The second-order valence-electron chi connectivity index (χ2n) is 5.60. The lowest BCUT2D eigenvalue weighted by Gasteiger charge is -2.30. The van der Waals surface area contributed by atoms with Crippen molar-refractivity contribution in [3.05, 3.63) is 65.2 Å². The number of rotatable bonds is 5. The SMILES string of the molecule is COc1cccc(CNC2(CO)CCc3ccccc32)c1. The van der Waals surface area contributed by atoms with Gasteiger partial charge >= 0.3 is 0 Å². The molecule has 3 rings (SSSR count). The molecule has 3 heteroatoms. The predicted octanol–water partition coefficient (Wildman–Crippen LogP) is 2.62. The van der Waals surface area contributed by atoms with Gasteiger partial charge in [-0.15, -0.1) is 0 Å². The first kappa shape index (κ1) is 14.1. The van der Waals surface area contributed by atoms with Crippen molar-refractivity contribution in [3.63, 3.8) is 0 Å². The summed E-state index contributed by atoms with van der Waals surface area (Å²) in [5.74, 6) is 0.860. The van der Waals surface area contributed by atoms with Gasteiger partial charge in [0.05, 0.1) is 19.3 Å². The third kappa shape index (κ3) is 2.67. The van der Waals surface area contributed by atoms with Crippen LogP contribution in [0.25, 0.3) is 0 Å². The van der Waals surface area contributed by atoms with Crippen LogP contribution in [0.1, 0.15) is 23.1 Å². The summed E-state index contributed by atoms with van der Waals surface area (Å²) >= 11 is 0. The van der Waals surface area contributed by atoms with Crippen LogP contribution in [-0.2, 0) is 18.5 Å². The van der Waals surface area contributed by atoms with Crippen LogP contribution in [0.3, 0.4) is 0 Å².